The van der Waals surface area contributed by atoms with Crippen LogP contribution in [0.3, 0.4) is 0 Å². The second kappa shape index (κ2) is 10.8. The number of para-hydroxylation sites is 1. The first-order valence-electron chi connectivity index (χ1n) is 9.62. The van der Waals surface area contributed by atoms with Crippen molar-refractivity contribution in [1.29, 1.82) is 0 Å². The fraction of sp³-hybridized carbons (Fsp3) is 0.182. The van der Waals surface area contributed by atoms with Crippen LogP contribution in [-0.4, -0.2) is 32.3 Å². The van der Waals surface area contributed by atoms with Crippen molar-refractivity contribution < 1.29 is 14.3 Å². The lowest BCUT2D eigenvalue weighted by Gasteiger charge is -2.11. The van der Waals surface area contributed by atoms with Gasteiger partial charge < -0.3 is 15.8 Å². The molecule has 0 aliphatic heterocycles. The lowest BCUT2D eigenvalue weighted by Crippen LogP contribution is -2.19. The van der Waals surface area contributed by atoms with E-state index >= 15 is 0 Å². The maximum atomic E-state index is 12.4. The third-order valence-corrected chi connectivity index (χ3v) is 5.60. The van der Waals surface area contributed by atoms with E-state index < -0.39 is 5.91 Å². The predicted octanol–water partition coefficient (Wildman–Crippen LogP) is 3.83. The van der Waals surface area contributed by atoms with Gasteiger partial charge in [-0.15, -0.1) is 16.8 Å². The number of thioether (sulfide) groups is 1. The molecule has 0 radical (unpaired) electrons. The molecule has 3 aromatic rings. The van der Waals surface area contributed by atoms with E-state index in [9.17, 15) is 9.59 Å². The highest BCUT2D eigenvalue weighted by molar-refractivity contribution is 7.99. The molecule has 0 spiro atoms. The van der Waals surface area contributed by atoms with Crippen LogP contribution in [0.2, 0.25) is 5.02 Å². The number of benzene rings is 2. The lowest BCUT2D eigenvalue weighted by atomic mass is 10.1. The van der Waals surface area contributed by atoms with Crippen LogP contribution >= 0.6 is 23.4 Å². The summed E-state index contributed by atoms with van der Waals surface area (Å²) >= 11 is 7.20. The molecular formula is C22H22ClN5O3S. The first kappa shape index (κ1) is 23.4. The van der Waals surface area contributed by atoms with Gasteiger partial charge >= 0.3 is 0 Å². The summed E-state index contributed by atoms with van der Waals surface area (Å²) in [4.78, 5) is 23.9. The highest BCUT2D eigenvalue weighted by Gasteiger charge is 2.16. The molecule has 0 bridgehead atoms. The molecule has 10 heteroatoms. The van der Waals surface area contributed by atoms with Gasteiger partial charge in [0.15, 0.2) is 11.0 Å². The predicted molar refractivity (Wildman–Crippen MR) is 125 cm³/mol. The van der Waals surface area contributed by atoms with Crippen molar-refractivity contribution in [2.45, 2.75) is 25.2 Å². The molecule has 0 aliphatic carbocycles. The van der Waals surface area contributed by atoms with E-state index in [2.05, 4.69) is 22.1 Å². The molecule has 0 saturated carbocycles. The molecule has 2 aromatic carbocycles. The fourth-order valence-corrected chi connectivity index (χ4v) is 3.88. The molecule has 0 atom stereocenters. The van der Waals surface area contributed by atoms with Crippen LogP contribution in [0.25, 0.3) is 0 Å². The number of nitrogens with two attached hydrogens (primary N) is 1. The SMILES string of the molecule is C=CCn1c(COc2ccc(Cl)cc2C)nnc1SCC(=O)Nc1ccccc1C(N)=O. The number of amides is 2. The minimum atomic E-state index is -0.611. The molecule has 2 amide bonds. The smallest absolute Gasteiger partial charge is 0.250 e. The van der Waals surface area contributed by atoms with Gasteiger partial charge in [0.2, 0.25) is 5.91 Å². The summed E-state index contributed by atoms with van der Waals surface area (Å²) in [7, 11) is 0. The number of primary amides is 1. The normalized spacial score (nSPS) is 10.6. The second-order valence-electron chi connectivity index (χ2n) is 6.74. The molecule has 32 heavy (non-hydrogen) atoms. The lowest BCUT2D eigenvalue weighted by molar-refractivity contribution is -0.113. The molecule has 0 unspecified atom stereocenters. The molecule has 3 N–H and O–H groups in total. The summed E-state index contributed by atoms with van der Waals surface area (Å²) in [5.41, 5.74) is 6.88. The number of aromatic nitrogens is 3. The van der Waals surface area contributed by atoms with Crippen molar-refractivity contribution in [3.8, 4) is 5.75 Å². The monoisotopic (exact) mass is 471 g/mol. The standard InChI is InChI=1S/C22H22ClN5O3S/c1-3-10-28-19(12-31-18-9-8-15(23)11-14(18)2)26-27-22(28)32-13-20(29)25-17-7-5-4-6-16(17)21(24)30/h3-9,11H,1,10,12-13H2,2H3,(H2,24,30)(H,25,29). The summed E-state index contributed by atoms with van der Waals surface area (Å²) in [6.45, 7) is 6.34. The van der Waals surface area contributed by atoms with Crippen LogP contribution in [-0.2, 0) is 17.9 Å². The van der Waals surface area contributed by atoms with Crippen molar-refractivity contribution in [3.05, 3.63) is 77.1 Å². The number of hydrogen-bond acceptors (Lipinski definition) is 6. The van der Waals surface area contributed by atoms with Crippen molar-refractivity contribution >= 4 is 40.9 Å². The Hall–Kier alpha value is -3.30. The quantitative estimate of drug-likeness (QED) is 0.343. The molecule has 0 fully saturated rings. The number of anilines is 1. The minimum Gasteiger partial charge on any atom is -0.485 e. The molecule has 0 aliphatic rings. The third kappa shape index (κ3) is 5.89. The summed E-state index contributed by atoms with van der Waals surface area (Å²) in [5.74, 6) is 0.455. The number of ether oxygens (including phenoxy) is 1. The van der Waals surface area contributed by atoms with Crippen LogP contribution in [0, 0.1) is 6.92 Å². The van der Waals surface area contributed by atoms with Gasteiger partial charge in [-0.2, -0.15) is 0 Å². The van der Waals surface area contributed by atoms with Crippen molar-refractivity contribution in [2.75, 3.05) is 11.1 Å². The number of halogens is 1. The van der Waals surface area contributed by atoms with E-state index in [0.29, 0.717) is 34.0 Å². The van der Waals surface area contributed by atoms with Gasteiger partial charge in [0, 0.05) is 11.6 Å². The summed E-state index contributed by atoms with van der Waals surface area (Å²) in [6.07, 6.45) is 1.72. The number of hydrogen-bond donors (Lipinski definition) is 2. The highest BCUT2D eigenvalue weighted by atomic mass is 35.5. The number of nitrogens with one attached hydrogen (secondary N) is 1. The number of allylic oxidation sites excluding steroid dienone is 1. The first-order valence-corrected chi connectivity index (χ1v) is 11.0. The Morgan fingerprint density at radius 2 is 2.06 bits per heavy atom. The Kier molecular flexibility index (Phi) is 7.91. The van der Waals surface area contributed by atoms with E-state index in [1.807, 2.05) is 17.6 Å². The molecule has 3 rings (SSSR count). The third-order valence-electron chi connectivity index (χ3n) is 4.40. The second-order valence-corrected chi connectivity index (χ2v) is 8.12. The van der Waals surface area contributed by atoms with Crippen LogP contribution in [0.15, 0.2) is 60.3 Å². The Morgan fingerprint density at radius 1 is 1.28 bits per heavy atom. The summed E-state index contributed by atoms with van der Waals surface area (Å²) in [5, 5.41) is 12.3. The molecule has 166 valence electrons. The number of carbonyl (C=O) groups excluding carboxylic acids is 2. The van der Waals surface area contributed by atoms with Gasteiger partial charge in [-0.3, -0.25) is 14.2 Å². The van der Waals surface area contributed by atoms with Gasteiger partial charge in [-0.05, 0) is 42.8 Å². The average molecular weight is 472 g/mol. The Morgan fingerprint density at radius 3 is 2.78 bits per heavy atom. The minimum absolute atomic E-state index is 0.0690. The zero-order valence-electron chi connectivity index (χ0n) is 17.4. The van der Waals surface area contributed by atoms with Crippen molar-refractivity contribution in [2.24, 2.45) is 5.73 Å². The number of rotatable bonds is 10. The van der Waals surface area contributed by atoms with Crippen LogP contribution in [0.5, 0.6) is 5.75 Å². The maximum absolute atomic E-state index is 12.4. The largest absolute Gasteiger partial charge is 0.485 e. The maximum Gasteiger partial charge on any atom is 0.250 e. The van der Waals surface area contributed by atoms with Gasteiger partial charge in [0.25, 0.3) is 5.91 Å². The average Bonchev–Trinajstić information content (AvgIpc) is 3.14. The zero-order chi connectivity index (χ0) is 23.1. The van der Waals surface area contributed by atoms with E-state index in [0.717, 1.165) is 5.56 Å². The van der Waals surface area contributed by atoms with Gasteiger partial charge in [-0.25, -0.2) is 0 Å². The Bertz CT molecular complexity index is 1150. The molecule has 0 saturated heterocycles. The topological polar surface area (TPSA) is 112 Å². The van der Waals surface area contributed by atoms with Gasteiger partial charge in [-0.1, -0.05) is 41.6 Å². The van der Waals surface area contributed by atoms with E-state index in [1.165, 1.54) is 11.8 Å². The fourth-order valence-electron chi connectivity index (χ4n) is 2.89. The summed E-state index contributed by atoms with van der Waals surface area (Å²) in [6, 6.07) is 11.9. The first-order chi connectivity index (χ1) is 15.4. The molecule has 1 aromatic heterocycles. The van der Waals surface area contributed by atoms with Crippen LogP contribution in [0.4, 0.5) is 5.69 Å². The van der Waals surface area contributed by atoms with E-state index in [-0.39, 0.29) is 23.8 Å². The molecule has 1 heterocycles. The number of carbonyl (C=O) groups is 2. The Labute approximate surface area is 194 Å². The van der Waals surface area contributed by atoms with E-state index in [4.69, 9.17) is 22.1 Å². The van der Waals surface area contributed by atoms with Gasteiger partial charge in [0.05, 0.1) is 17.0 Å². The Balaban J connectivity index is 1.65. The van der Waals surface area contributed by atoms with Crippen LogP contribution < -0.4 is 15.8 Å². The molecule has 8 nitrogen and oxygen atoms in total. The van der Waals surface area contributed by atoms with Crippen LogP contribution in [0.1, 0.15) is 21.7 Å². The highest BCUT2D eigenvalue weighted by Crippen LogP contribution is 2.24. The summed E-state index contributed by atoms with van der Waals surface area (Å²) < 4.78 is 7.70. The number of aryl methyl sites for hydroxylation is 1. The van der Waals surface area contributed by atoms with Crippen molar-refractivity contribution in [1.82, 2.24) is 14.8 Å². The zero-order valence-corrected chi connectivity index (χ0v) is 18.9. The van der Waals surface area contributed by atoms with E-state index in [1.54, 1.807) is 42.5 Å². The van der Waals surface area contributed by atoms with Crippen molar-refractivity contribution in [3.63, 3.8) is 0 Å². The van der Waals surface area contributed by atoms with Gasteiger partial charge in [0.1, 0.15) is 12.4 Å². The number of nitrogens with zero attached hydrogens (tertiary/aromatic N) is 3. The molecular weight excluding hydrogens is 450 g/mol.